The maximum Gasteiger partial charge on any atom is 0.0619 e. The fourth-order valence-corrected chi connectivity index (χ4v) is 8.99. The zero-order valence-corrected chi connectivity index (χ0v) is 34.2. The van der Waals surface area contributed by atoms with Crippen LogP contribution in [0, 0.1) is 0 Å². The largest absolute Gasteiger partial charge is 0.309 e. The second-order valence-electron chi connectivity index (χ2n) is 17.8. The number of hydrogen-bond acceptors (Lipinski definition) is 0. The maximum atomic E-state index is 2.54. The van der Waals surface area contributed by atoms with Gasteiger partial charge < -0.3 is 9.13 Å². The van der Waals surface area contributed by atoms with Crippen molar-refractivity contribution in [3.05, 3.63) is 193 Å². The minimum atomic E-state index is 0.0284. The second-order valence-corrected chi connectivity index (χ2v) is 17.8. The molecular weight excluding hydrogens is 701 g/mol. The van der Waals surface area contributed by atoms with Gasteiger partial charge in [-0.25, -0.2) is 0 Å². The predicted octanol–water partition coefficient (Wildman–Crippen LogP) is 15.5. The van der Waals surface area contributed by atoms with E-state index >= 15 is 0 Å². The van der Waals surface area contributed by atoms with Crippen LogP contribution >= 0.6 is 0 Å². The number of hydrogen-bond donors (Lipinski definition) is 0. The van der Waals surface area contributed by atoms with Crippen LogP contribution < -0.4 is 0 Å². The summed E-state index contributed by atoms with van der Waals surface area (Å²) in [7, 11) is 0. The van der Waals surface area contributed by atoms with Crippen LogP contribution in [0.4, 0.5) is 0 Å². The van der Waals surface area contributed by atoms with Crippen LogP contribution in [-0.2, 0) is 10.8 Å². The Morgan fingerprint density at radius 3 is 1.29 bits per heavy atom. The summed E-state index contributed by atoms with van der Waals surface area (Å²) in [5.41, 5.74) is 17.0. The third-order valence-corrected chi connectivity index (χ3v) is 12.0. The standard InChI is InChI=1S/C56H48N2/c1-55(2,3)41-29-31-49-46(35-41)47-36-42(56(4,5)6)30-32-50(47)57(49)51-27-18-28-52-53(51)43-25-16-17-26-48(43)58(52)54-44(38-21-12-8-13-22-38)33-40(37-19-10-7-11-20-37)34-45(54)39-23-14-9-15-24-39/h7-36H,1-6H3. The maximum absolute atomic E-state index is 2.54. The molecule has 2 heteroatoms. The molecule has 0 spiro atoms. The van der Waals surface area contributed by atoms with Crippen molar-refractivity contribution in [2.24, 2.45) is 0 Å². The minimum absolute atomic E-state index is 0.0284. The molecule has 0 saturated heterocycles. The van der Waals surface area contributed by atoms with Crippen molar-refractivity contribution in [3.8, 4) is 44.8 Å². The molecule has 0 atom stereocenters. The quantitative estimate of drug-likeness (QED) is 0.166. The van der Waals surface area contributed by atoms with E-state index in [2.05, 4.69) is 233 Å². The summed E-state index contributed by atoms with van der Waals surface area (Å²) in [5, 5.41) is 5.06. The van der Waals surface area contributed by atoms with Crippen LogP contribution in [0.3, 0.4) is 0 Å². The molecular formula is C56H48N2. The van der Waals surface area contributed by atoms with Crippen molar-refractivity contribution in [1.82, 2.24) is 9.13 Å². The fourth-order valence-electron chi connectivity index (χ4n) is 8.99. The normalized spacial score (nSPS) is 12.3. The lowest BCUT2D eigenvalue weighted by molar-refractivity contribution is 0.590. The number of aromatic nitrogens is 2. The monoisotopic (exact) mass is 748 g/mol. The molecule has 2 aromatic heterocycles. The molecule has 0 saturated carbocycles. The van der Waals surface area contributed by atoms with Gasteiger partial charge >= 0.3 is 0 Å². The van der Waals surface area contributed by atoms with Crippen molar-refractivity contribution in [3.63, 3.8) is 0 Å². The molecule has 2 nitrogen and oxygen atoms in total. The molecule has 0 aliphatic heterocycles. The third kappa shape index (κ3) is 5.86. The lowest BCUT2D eigenvalue weighted by Gasteiger charge is -2.21. The molecule has 8 aromatic carbocycles. The molecule has 0 bridgehead atoms. The number of rotatable bonds is 5. The van der Waals surface area contributed by atoms with E-state index in [1.54, 1.807) is 0 Å². The fraction of sp³-hybridized carbons (Fsp3) is 0.143. The number of para-hydroxylation sites is 1. The first kappa shape index (κ1) is 35.8. The van der Waals surface area contributed by atoms with E-state index in [9.17, 15) is 0 Å². The average molecular weight is 749 g/mol. The van der Waals surface area contributed by atoms with Crippen LogP contribution in [0.15, 0.2) is 182 Å². The molecule has 0 fully saturated rings. The van der Waals surface area contributed by atoms with Crippen molar-refractivity contribution in [1.29, 1.82) is 0 Å². The average Bonchev–Trinajstić information content (AvgIpc) is 3.76. The zero-order chi connectivity index (χ0) is 39.8. The lowest BCUT2D eigenvalue weighted by atomic mass is 9.85. The van der Waals surface area contributed by atoms with Gasteiger partial charge in [-0.15, -0.1) is 0 Å². The van der Waals surface area contributed by atoms with E-state index in [-0.39, 0.29) is 10.8 Å². The second kappa shape index (κ2) is 13.5. The van der Waals surface area contributed by atoms with E-state index in [1.807, 2.05) is 0 Å². The van der Waals surface area contributed by atoms with Crippen LogP contribution in [-0.4, -0.2) is 9.13 Å². The van der Waals surface area contributed by atoms with Crippen molar-refractivity contribution in [2.75, 3.05) is 0 Å². The van der Waals surface area contributed by atoms with Gasteiger partial charge in [0.15, 0.2) is 0 Å². The first-order valence-corrected chi connectivity index (χ1v) is 20.5. The van der Waals surface area contributed by atoms with Crippen molar-refractivity contribution >= 4 is 43.6 Å². The Hall–Kier alpha value is -6.64. The third-order valence-electron chi connectivity index (χ3n) is 12.0. The highest BCUT2D eigenvalue weighted by molar-refractivity contribution is 6.17. The van der Waals surface area contributed by atoms with E-state index < -0.39 is 0 Å². The van der Waals surface area contributed by atoms with Gasteiger partial charge in [0.2, 0.25) is 0 Å². The van der Waals surface area contributed by atoms with Gasteiger partial charge in [0.05, 0.1) is 33.4 Å². The highest BCUT2D eigenvalue weighted by Gasteiger charge is 2.25. The molecule has 2 heterocycles. The first-order valence-electron chi connectivity index (χ1n) is 20.5. The van der Waals surface area contributed by atoms with E-state index in [1.165, 1.54) is 99.5 Å². The molecule has 10 rings (SSSR count). The van der Waals surface area contributed by atoms with Gasteiger partial charge in [0, 0.05) is 32.7 Å². The van der Waals surface area contributed by atoms with E-state index in [4.69, 9.17) is 0 Å². The molecule has 0 amide bonds. The lowest BCUT2D eigenvalue weighted by Crippen LogP contribution is -2.10. The van der Waals surface area contributed by atoms with Crippen LogP contribution in [0.2, 0.25) is 0 Å². The number of fused-ring (bicyclic) bond motifs is 6. The molecule has 0 unspecified atom stereocenters. The summed E-state index contributed by atoms with van der Waals surface area (Å²) in [6.07, 6.45) is 0. The van der Waals surface area contributed by atoms with Gasteiger partial charge in [-0.1, -0.05) is 169 Å². The van der Waals surface area contributed by atoms with Gasteiger partial charge in [-0.3, -0.25) is 0 Å². The molecule has 58 heavy (non-hydrogen) atoms. The Balaban J connectivity index is 1.35. The summed E-state index contributed by atoms with van der Waals surface area (Å²) >= 11 is 0. The summed E-state index contributed by atoms with van der Waals surface area (Å²) in [5.74, 6) is 0. The van der Waals surface area contributed by atoms with Crippen LogP contribution in [0.1, 0.15) is 52.7 Å². The summed E-state index contributed by atoms with van der Waals surface area (Å²) in [6, 6.07) is 67.5. The Labute approximate surface area is 341 Å². The Morgan fingerprint density at radius 1 is 0.328 bits per heavy atom. The summed E-state index contributed by atoms with van der Waals surface area (Å²) < 4.78 is 5.06. The predicted molar refractivity (Wildman–Crippen MR) is 249 cm³/mol. The minimum Gasteiger partial charge on any atom is -0.309 e. The zero-order valence-electron chi connectivity index (χ0n) is 34.2. The van der Waals surface area contributed by atoms with Gasteiger partial charge in [-0.05, 0) is 98.8 Å². The molecule has 0 aliphatic rings. The van der Waals surface area contributed by atoms with Gasteiger partial charge in [0.1, 0.15) is 0 Å². The smallest absolute Gasteiger partial charge is 0.0619 e. The molecule has 282 valence electrons. The van der Waals surface area contributed by atoms with Gasteiger partial charge in [-0.2, -0.15) is 0 Å². The van der Waals surface area contributed by atoms with Crippen LogP contribution in [0.5, 0.6) is 0 Å². The highest BCUT2D eigenvalue weighted by atomic mass is 15.0. The van der Waals surface area contributed by atoms with E-state index in [0.717, 1.165) is 0 Å². The Morgan fingerprint density at radius 2 is 0.776 bits per heavy atom. The molecule has 0 radical (unpaired) electrons. The van der Waals surface area contributed by atoms with Crippen molar-refractivity contribution in [2.45, 2.75) is 52.4 Å². The molecule has 10 aromatic rings. The number of benzene rings is 8. The SMILES string of the molecule is CC(C)(C)c1ccc2c(c1)c1cc(C(C)(C)C)ccc1n2-c1cccc2c1c1ccccc1n2-c1c(-c2ccccc2)cc(-c2ccccc2)cc1-c1ccccc1. The van der Waals surface area contributed by atoms with E-state index in [0.29, 0.717) is 0 Å². The highest BCUT2D eigenvalue weighted by Crippen LogP contribution is 2.46. The summed E-state index contributed by atoms with van der Waals surface area (Å²) in [6.45, 7) is 13.9. The molecule has 0 N–H and O–H groups in total. The Bertz CT molecular complexity index is 3020. The topological polar surface area (TPSA) is 9.86 Å². The first-order chi connectivity index (χ1) is 28.1. The molecule has 0 aliphatic carbocycles. The summed E-state index contributed by atoms with van der Waals surface area (Å²) in [4.78, 5) is 0. The Kier molecular flexibility index (Phi) is 8.32. The van der Waals surface area contributed by atoms with Crippen LogP contribution in [0.25, 0.3) is 88.4 Å². The van der Waals surface area contributed by atoms with Gasteiger partial charge in [0.25, 0.3) is 0 Å². The number of nitrogens with zero attached hydrogens (tertiary/aromatic N) is 2. The van der Waals surface area contributed by atoms with Crippen molar-refractivity contribution < 1.29 is 0 Å².